The summed E-state index contributed by atoms with van der Waals surface area (Å²) in [6.45, 7) is 6.94. The molecule has 0 aromatic rings. The zero-order chi connectivity index (χ0) is 12.9. The second-order valence-electron chi connectivity index (χ2n) is 4.07. The largest absolute Gasteiger partial charge is 0.364 e. The number of hydrogen-bond acceptors (Lipinski definition) is 3. The quantitative estimate of drug-likeness (QED) is 0.427. The molecule has 0 aromatic carbocycles. The monoisotopic (exact) mass is 242 g/mol. The molecule has 0 aromatic heterocycles. The van der Waals surface area contributed by atoms with Crippen LogP contribution in [0.4, 0.5) is 0 Å². The van der Waals surface area contributed by atoms with Crippen molar-refractivity contribution >= 4 is 5.91 Å². The van der Waals surface area contributed by atoms with Crippen LogP contribution in [0.25, 0.3) is 0 Å². The van der Waals surface area contributed by atoms with Crippen molar-refractivity contribution in [2.24, 2.45) is 5.73 Å². The Morgan fingerprint density at radius 1 is 1.47 bits per heavy atom. The van der Waals surface area contributed by atoms with Gasteiger partial charge in [0.1, 0.15) is 6.61 Å². The van der Waals surface area contributed by atoms with E-state index in [1.165, 1.54) is 19.3 Å². The summed E-state index contributed by atoms with van der Waals surface area (Å²) in [5, 5.41) is 2.66. The average Bonchev–Trinajstić information content (AvgIpc) is 2.35. The maximum atomic E-state index is 11.3. The predicted molar refractivity (Wildman–Crippen MR) is 70.8 cm³/mol. The third kappa shape index (κ3) is 10.0. The lowest BCUT2D eigenvalue weighted by atomic mass is 10.1. The number of hydrogen-bond donors (Lipinski definition) is 2. The summed E-state index contributed by atoms with van der Waals surface area (Å²) >= 11 is 0. The topological polar surface area (TPSA) is 64.3 Å². The molecule has 0 bridgehead atoms. The van der Waals surface area contributed by atoms with Crippen LogP contribution in [0.15, 0.2) is 12.7 Å². The Hall–Kier alpha value is -0.870. The van der Waals surface area contributed by atoms with Crippen molar-refractivity contribution in [3.05, 3.63) is 12.7 Å². The van der Waals surface area contributed by atoms with E-state index in [-0.39, 0.29) is 18.6 Å². The number of nitrogens with two attached hydrogens (primary N) is 1. The predicted octanol–water partition coefficient (Wildman–Crippen LogP) is 1.60. The van der Waals surface area contributed by atoms with Crippen molar-refractivity contribution in [2.45, 2.75) is 45.1 Å². The molecule has 100 valence electrons. The molecule has 4 nitrogen and oxygen atoms in total. The number of nitrogens with one attached hydrogen (secondary N) is 1. The van der Waals surface area contributed by atoms with Crippen molar-refractivity contribution in [1.29, 1.82) is 0 Å². The van der Waals surface area contributed by atoms with Crippen LogP contribution in [-0.2, 0) is 9.53 Å². The van der Waals surface area contributed by atoms with Gasteiger partial charge in [-0.2, -0.15) is 0 Å². The van der Waals surface area contributed by atoms with E-state index in [0.29, 0.717) is 13.1 Å². The number of unbranched alkanes of at least 4 members (excludes halogenated alkanes) is 3. The van der Waals surface area contributed by atoms with Crippen LogP contribution in [0, 0.1) is 0 Å². The lowest BCUT2D eigenvalue weighted by Gasteiger charge is -2.13. The molecule has 0 aliphatic rings. The molecule has 1 amide bonds. The minimum absolute atomic E-state index is 0.0181. The van der Waals surface area contributed by atoms with Crippen LogP contribution in [0.3, 0.4) is 0 Å². The summed E-state index contributed by atoms with van der Waals surface area (Å²) in [6, 6.07) is 0. The van der Waals surface area contributed by atoms with Crippen LogP contribution in [0.5, 0.6) is 0 Å². The number of carbonyl (C=O) groups excluding carboxylic acids is 1. The van der Waals surface area contributed by atoms with Crippen molar-refractivity contribution in [1.82, 2.24) is 5.32 Å². The average molecular weight is 242 g/mol. The summed E-state index contributed by atoms with van der Waals surface area (Å²) in [6.07, 6.45) is 7.49. The Kier molecular flexibility index (Phi) is 11.0. The third-order valence-corrected chi connectivity index (χ3v) is 2.50. The van der Waals surface area contributed by atoms with Crippen LogP contribution in [-0.4, -0.2) is 31.7 Å². The fourth-order valence-corrected chi connectivity index (χ4v) is 1.49. The van der Waals surface area contributed by atoms with E-state index in [9.17, 15) is 4.79 Å². The molecule has 0 rings (SSSR count). The standard InChI is InChI=1S/C13H26N2O2/c1-3-5-6-7-8-12(4-2)17-11-13(16)15-10-9-14/h4,12H,2-3,5-11,14H2,1H3,(H,15,16). The van der Waals surface area contributed by atoms with Gasteiger partial charge in [-0.1, -0.05) is 38.7 Å². The molecular formula is C13H26N2O2. The van der Waals surface area contributed by atoms with Crippen LogP contribution < -0.4 is 11.1 Å². The highest BCUT2D eigenvalue weighted by atomic mass is 16.5. The smallest absolute Gasteiger partial charge is 0.246 e. The first-order valence-corrected chi connectivity index (χ1v) is 6.45. The molecule has 0 saturated carbocycles. The molecule has 0 fully saturated rings. The van der Waals surface area contributed by atoms with Gasteiger partial charge in [0.15, 0.2) is 0 Å². The fraction of sp³-hybridized carbons (Fsp3) is 0.769. The minimum atomic E-state index is -0.115. The van der Waals surface area contributed by atoms with Gasteiger partial charge in [-0.25, -0.2) is 0 Å². The Labute approximate surface area is 105 Å². The highest BCUT2D eigenvalue weighted by molar-refractivity contribution is 5.77. The van der Waals surface area contributed by atoms with Crippen LogP contribution in [0.1, 0.15) is 39.0 Å². The van der Waals surface area contributed by atoms with Gasteiger partial charge in [0.05, 0.1) is 6.10 Å². The Morgan fingerprint density at radius 2 is 2.24 bits per heavy atom. The van der Waals surface area contributed by atoms with Gasteiger partial charge < -0.3 is 15.8 Å². The lowest BCUT2D eigenvalue weighted by Crippen LogP contribution is -2.33. The maximum Gasteiger partial charge on any atom is 0.246 e. The van der Waals surface area contributed by atoms with E-state index in [1.807, 2.05) is 0 Å². The molecule has 0 aliphatic carbocycles. The first kappa shape index (κ1) is 16.1. The number of amides is 1. The number of rotatable bonds is 11. The summed E-state index contributed by atoms with van der Waals surface area (Å²) in [5.74, 6) is -0.115. The van der Waals surface area contributed by atoms with E-state index < -0.39 is 0 Å². The van der Waals surface area contributed by atoms with Crippen molar-refractivity contribution < 1.29 is 9.53 Å². The highest BCUT2D eigenvalue weighted by Crippen LogP contribution is 2.08. The van der Waals surface area contributed by atoms with Gasteiger partial charge >= 0.3 is 0 Å². The van der Waals surface area contributed by atoms with E-state index in [2.05, 4.69) is 18.8 Å². The van der Waals surface area contributed by atoms with E-state index in [0.717, 1.165) is 12.8 Å². The van der Waals surface area contributed by atoms with Crippen LogP contribution in [0.2, 0.25) is 0 Å². The molecule has 17 heavy (non-hydrogen) atoms. The Morgan fingerprint density at radius 3 is 2.82 bits per heavy atom. The summed E-state index contributed by atoms with van der Waals surface area (Å²) in [5.41, 5.74) is 5.28. The van der Waals surface area contributed by atoms with Gasteiger partial charge in [0, 0.05) is 13.1 Å². The zero-order valence-electron chi connectivity index (χ0n) is 10.9. The Balaban J connectivity index is 3.59. The van der Waals surface area contributed by atoms with Gasteiger partial charge in [-0.3, -0.25) is 4.79 Å². The summed E-state index contributed by atoms with van der Waals surface area (Å²) in [4.78, 5) is 11.3. The normalized spacial score (nSPS) is 12.1. The van der Waals surface area contributed by atoms with E-state index >= 15 is 0 Å². The third-order valence-electron chi connectivity index (χ3n) is 2.50. The molecule has 0 aliphatic heterocycles. The molecule has 0 heterocycles. The minimum Gasteiger partial charge on any atom is -0.364 e. The second kappa shape index (κ2) is 11.6. The van der Waals surface area contributed by atoms with E-state index in [1.54, 1.807) is 6.08 Å². The Bertz CT molecular complexity index is 208. The van der Waals surface area contributed by atoms with E-state index in [4.69, 9.17) is 10.5 Å². The lowest BCUT2D eigenvalue weighted by molar-refractivity contribution is -0.126. The number of ether oxygens (including phenoxy) is 1. The molecule has 0 spiro atoms. The summed E-state index contributed by atoms with van der Waals surface area (Å²) in [7, 11) is 0. The maximum absolute atomic E-state index is 11.3. The van der Waals surface area contributed by atoms with Gasteiger partial charge in [-0.15, -0.1) is 6.58 Å². The van der Waals surface area contributed by atoms with Crippen LogP contribution >= 0.6 is 0 Å². The molecule has 4 heteroatoms. The first-order chi connectivity index (χ1) is 8.24. The molecular weight excluding hydrogens is 216 g/mol. The van der Waals surface area contributed by atoms with Gasteiger partial charge in [0.25, 0.3) is 0 Å². The van der Waals surface area contributed by atoms with Gasteiger partial charge in [0.2, 0.25) is 5.91 Å². The molecule has 1 atom stereocenters. The highest BCUT2D eigenvalue weighted by Gasteiger charge is 2.07. The second-order valence-corrected chi connectivity index (χ2v) is 4.07. The molecule has 0 radical (unpaired) electrons. The van der Waals surface area contributed by atoms with Crippen molar-refractivity contribution in [3.8, 4) is 0 Å². The van der Waals surface area contributed by atoms with Gasteiger partial charge in [-0.05, 0) is 6.42 Å². The summed E-state index contributed by atoms with van der Waals surface area (Å²) < 4.78 is 5.46. The van der Waals surface area contributed by atoms with Crippen molar-refractivity contribution in [3.63, 3.8) is 0 Å². The zero-order valence-corrected chi connectivity index (χ0v) is 10.9. The fourth-order valence-electron chi connectivity index (χ4n) is 1.49. The first-order valence-electron chi connectivity index (χ1n) is 6.45. The molecule has 0 saturated heterocycles. The number of carbonyl (C=O) groups is 1. The molecule has 3 N–H and O–H groups in total. The molecule has 1 unspecified atom stereocenters. The van der Waals surface area contributed by atoms with Crippen molar-refractivity contribution in [2.75, 3.05) is 19.7 Å². The SMILES string of the molecule is C=CC(CCCCCC)OCC(=O)NCCN.